The molecular weight excluding hydrogens is 314 g/mol. The number of esters is 1. The molecule has 128 valence electrons. The van der Waals surface area contributed by atoms with Gasteiger partial charge in [0.2, 0.25) is 0 Å². The van der Waals surface area contributed by atoms with Gasteiger partial charge in [0.25, 0.3) is 0 Å². The molecule has 0 amide bonds. The summed E-state index contributed by atoms with van der Waals surface area (Å²) in [6.07, 6.45) is 4.03. The minimum absolute atomic E-state index is 0. The highest BCUT2D eigenvalue weighted by molar-refractivity contribution is 5.83. The molecule has 1 aliphatic carbocycles. The van der Waals surface area contributed by atoms with Crippen LogP contribution in [0.1, 0.15) is 31.2 Å². The van der Waals surface area contributed by atoms with Gasteiger partial charge in [-0.1, -0.05) is 43.2 Å². The normalized spacial score (nSPS) is 20.7. The molecule has 0 bridgehead atoms. The lowest BCUT2D eigenvalue weighted by molar-refractivity contribution is -0.151. The van der Waals surface area contributed by atoms with Gasteiger partial charge in [-0.3, -0.25) is 9.69 Å². The molecule has 0 atom stereocenters. The Balaban J connectivity index is 0.00000192. The summed E-state index contributed by atoms with van der Waals surface area (Å²) in [4.78, 5) is 15.0. The predicted molar refractivity (Wildman–Crippen MR) is 84.8 cm³/mol. The Bertz CT molecular complexity index is 482. The summed E-state index contributed by atoms with van der Waals surface area (Å²) >= 11 is 0. The first-order chi connectivity index (χ1) is 10.8. The molecule has 5 heteroatoms. The molecule has 1 aromatic rings. The lowest BCUT2D eigenvalue weighted by atomic mass is 9.79. The van der Waals surface area contributed by atoms with Gasteiger partial charge in [0, 0.05) is 19.6 Å². The Morgan fingerprint density at radius 2 is 1.78 bits per heavy atom. The van der Waals surface area contributed by atoms with Gasteiger partial charge in [-0.2, -0.15) is 0 Å². The van der Waals surface area contributed by atoms with Crippen molar-refractivity contribution in [2.45, 2.75) is 31.1 Å². The van der Waals surface area contributed by atoms with Crippen molar-refractivity contribution in [3.63, 3.8) is 0 Å². The Morgan fingerprint density at radius 1 is 1.13 bits per heavy atom. The van der Waals surface area contributed by atoms with Crippen LogP contribution in [0.15, 0.2) is 30.3 Å². The number of carbonyl (C=O) groups excluding carboxylic acids is 1. The molecule has 0 spiro atoms. The van der Waals surface area contributed by atoms with E-state index in [1.165, 1.54) is 0 Å². The van der Waals surface area contributed by atoms with Crippen LogP contribution in [0, 0.1) is 0 Å². The average molecular weight is 339 g/mol. The van der Waals surface area contributed by atoms with Crippen LogP contribution in [-0.4, -0.2) is 50.3 Å². The third kappa shape index (κ3) is 4.25. The van der Waals surface area contributed by atoms with E-state index in [0.29, 0.717) is 6.61 Å². The number of halogens is 1. The first-order valence-corrected chi connectivity index (χ1v) is 8.34. The van der Waals surface area contributed by atoms with Crippen LogP contribution < -0.4 is 12.4 Å². The largest absolute Gasteiger partial charge is 1.00 e. The summed E-state index contributed by atoms with van der Waals surface area (Å²) in [7, 11) is 0. The third-order valence-corrected chi connectivity index (χ3v) is 4.92. The van der Waals surface area contributed by atoms with Crippen LogP contribution in [0.25, 0.3) is 0 Å². The fourth-order valence-corrected chi connectivity index (χ4v) is 3.58. The molecule has 0 aromatic heterocycles. The highest BCUT2D eigenvalue weighted by Gasteiger charge is 2.44. The number of morpholine rings is 1. The number of hydrogen-bond donors (Lipinski definition) is 0. The number of nitrogens with zero attached hydrogens (tertiary/aromatic N) is 1. The lowest BCUT2D eigenvalue weighted by Gasteiger charge is -2.29. The summed E-state index contributed by atoms with van der Waals surface area (Å²) in [5.41, 5.74) is 0.704. The van der Waals surface area contributed by atoms with Crippen molar-refractivity contribution < 1.29 is 26.7 Å². The van der Waals surface area contributed by atoms with Crippen molar-refractivity contribution in [3.8, 4) is 0 Å². The van der Waals surface area contributed by atoms with E-state index in [2.05, 4.69) is 17.0 Å². The monoisotopic (exact) mass is 338 g/mol. The number of hydrogen-bond acceptors (Lipinski definition) is 4. The van der Waals surface area contributed by atoms with E-state index in [9.17, 15) is 4.79 Å². The summed E-state index contributed by atoms with van der Waals surface area (Å²) in [6.45, 7) is 4.71. The zero-order chi connectivity index (χ0) is 15.3. The Hall–Kier alpha value is -1.10. The zero-order valence-electron chi connectivity index (χ0n) is 13.5. The van der Waals surface area contributed by atoms with Gasteiger partial charge in [-0.25, -0.2) is 0 Å². The third-order valence-electron chi connectivity index (χ3n) is 4.92. The summed E-state index contributed by atoms with van der Waals surface area (Å²) in [5, 5.41) is 0. The van der Waals surface area contributed by atoms with Gasteiger partial charge in [-0.05, 0) is 18.4 Å². The van der Waals surface area contributed by atoms with Gasteiger partial charge in [0.1, 0.15) is 6.61 Å². The summed E-state index contributed by atoms with van der Waals surface area (Å²) in [6, 6.07) is 10.1. The number of carbonyl (C=O) groups is 1. The molecule has 2 fully saturated rings. The minimum Gasteiger partial charge on any atom is -1.00 e. The van der Waals surface area contributed by atoms with Crippen molar-refractivity contribution in [1.29, 1.82) is 0 Å². The molecule has 1 saturated carbocycles. The van der Waals surface area contributed by atoms with E-state index in [0.717, 1.165) is 64.1 Å². The fourth-order valence-electron chi connectivity index (χ4n) is 3.58. The molecular formula is C18H25ClNO3-. The van der Waals surface area contributed by atoms with E-state index in [1.54, 1.807) is 0 Å². The quantitative estimate of drug-likeness (QED) is 0.671. The van der Waals surface area contributed by atoms with E-state index in [4.69, 9.17) is 9.47 Å². The molecule has 1 heterocycles. The van der Waals surface area contributed by atoms with Gasteiger partial charge < -0.3 is 21.9 Å². The predicted octanol–water partition coefficient (Wildman–Crippen LogP) is -0.622. The molecule has 0 N–H and O–H groups in total. The van der Waals surface area contributed by atoms with E-state index in [-0.39, 0.29) is 18.4 Å². The van der Waals surface area contributed by atoms with Gasteiger partial charge in [-0.15, -0.1) is 0 Å². The van der Waals surface area contributed by atoms with Crippen LogP contribution in [0.2, 0.25) is 0 Å². The van der Waals surface area contributed by atoms with Gasteiger partial charge >= 0.3 is 5.97 Å². The molecule has 23 heavy (non-hydrogen) atoms. The molecule has 2 aliphatic rings. The van der Waals surface area contributed by atoms with Crippen LogP contribution in [-0.2, 0) is 19.7 Å². The molecule has 1 aromatic carbocycles. The number of ether oxygens (including phenoxy) is 2. The summed E-state index contributed by atoms with van der Waals surface area (Å²) < 4.78 is 11.0. The van der Waals surface area contributed by atoms with Crippen molar-refractivity contribution in [2.75, 3.05) is 39.5 Å². The SMILES string of the molecule is O=C(OCCN1CCOCC1)C1(c2ccccc2)CCCC1.[Cl-]. The minimum atomic E-state index is -0.410. The Labute approximate surface area is 144 Å². The van der Waals surface area contributed by atoms with Gasteiger partial charge in [0.05, 0.1) is 18.6 Å². The zero-order valence-corrected chi connectivity index (χ0v) is 14.3. The molecule has 1 aliphatic heterocycles. The van der Waals surface area contributed by atoms with Gasteiger partial charge in [0.15, 0.2) is 0 Å². The molecule has 0 radical (unpaired) electrons. The number of rotatable bonds is 5. The maximum Gasteiger partial charge on any atom is 0.316 e. The lowest BCUT2D eigenvalue weighted by Crippen LogP contribution is -3.00. The molecule has 3 rings (SSSR count). The number of benzene rings is 1. The summed E-state index contributed by atoms with van der Waals surface area (Å²) in [5.74, 6) is -0.0375. The second-order valence-electron chi connectivity index (χ2n) is 6.25. The Morgan fingerprint density at radius 3 is 2.43 bits per heavy atom. The van der Waals surface area contributed by atoms with Crippen LogP contribution in [0.4, 0.5) is 0 Å². The standard InChI is InChI=1S/C18H25NO3.ClH/c20-17(22-15-12-19-10-13-21-14-11-19)18(8-4-5-9-18)16-6-2-1-3-7-16;/h1-3,6-7H,4-5,8-15H2;1H/p-1. The molecule has 4 nitrogen and oxygen atoms in total. The van der Waals surface area contributed by atoms with Crippen molar-refractivity contribution in [3.05, 3.63) is 35.9 Å². The molecule has 0 unspecified atom stereocenters. The Kier molecular flexibility index (Phi) is 6.88. The maximum atomic E-state index is 12.7. The van der Waals surface area contributed by atoms with Crippen LogP contribution >= 0.6 is 0 Å². The highest BCUT2D eigenvalue weighted by atomic mass is 35.5. The molecule has 1 saturated heterocycles. The second kappa shape index (κ2) is 8.67. The van der Waals surface area contributed by atoms with Crippen LogP contribution in [0.5, 0.6) is 0 Å². The van der Waals surface area contributed by atoms with Crippen molar-refractivity contribution >= 4 is 5.97 Å². The van der Waals surface area contributed by atoms with E-state index >= 15 is 0 Å². The van der Waals surface area contributed by atoms with Crippen molar-refractivity contribution in [1.82, 2.24) is 4.90 Å². The topological polar surface area (TPSA) is 38.8 Å². The van der Waals surface area contributed by atoms with E-state index < -0.39 is 5.41 Å². The maximum absolute atomic E-state index is 12.7. The average Bonchev–Trinajstić information content (AvgIpc) is 3.08. The van der Waals surface area contributed by atoms with Crippen LogP contribution in [0.3, 0.4) is 0 Å². The first kappa shape index (κ1) is 18.2. The van der Waals surface area contributed by atoms with E-state index in [1.807, 2.05) is 18.2 Å². The van der Waals surface area contributed by atoms with Crippen molar-refractivity contribution in [2.24, 2.45) is 0 Å². The first-order valence-electron chi connectivity index (χ1n) is 8.34. The highest BCUT2D eigenvalue weighted by Crippen LogP contribution is 2.42. The second-order valence-corrected chi connectivity index (χ2v) is 6.25. The fraction of sp³-hybridized carbons (Fsp3) is 0.611. The smallest absolute Gasteiger partial charge is 0.316 e.